The first kappa shape index (κ1) is 24.2. The largest absolute Gasteiger partial charge is 0.481 e. The summed E-state index contributed by atoms with van der Waals surface area (Å²) < 4.78 is 0. The molecule has 2 aromatic rings. The van der Waals surface area contributed by atoms with Crippen LogP contribution in [0.25, 0.3) is 6.08 Å². The summed E-state index contributed by atoms with van der Waals surface area (Å²) in [4.78, 5) is 26.0. The van der Waals surface area contributed by atoms with Crippen molar-refractivity contribution in [1.82, 2.24) is 5.32 Å². The molecule has 6 nitrogen and oxygen atoms in total. The molecule has 172 valence electrons. The first-order chi connectivity index (χ1) is 15.8. The van der Waals surface area contributed by atoms with E-state index in [0.29, 0.717) is 5.56 Å². The fourth-order valence-electron chi connectivity index (χ4n) is 5.56. The summed E-state index contributed by atoms with van der Waals surface area (Å²) in [5.41, 5.74) is -1.31. The standard InChI is InChI=1S/C27H30N2O4/c1-19-26(24(30)31,16-9-13-21-11-5-3-6-12-21)23(22-14-7-4-8-15-22)27(25(32)33,17-10-18-28)20(2)29-19/h3-9,11-15,19-20,23,29H,10,16-17H2,1-2H3,(H,30,31)(H,32,33). The van der Waals surface area contributed by atoms with Crippen LogP contribution < -0.4 is 5.32 Å². The zero-order valence-corrected chi connectivity index (χ0v) is 18.9. The lowest BCUT2D eigenvalue weighted by Crippen LogP contribution is -2.69. The number of nitrogens with zero attached hydrogens (tertiary/aromatic N) is 1. The molecule has 0 aliphatic carbocycles. The minimum Gasteiger partial charge on any atom is -0.481 e. The minimum absolute atomic E-state index is 0.0194. The summed E-state index contributed by atoms with van der Waals surface area (Å²) in [6.45, 7) is 3.59. The summed E-state index contributed by atoms with van der Waals surface area (Å²) in [5.74, 6) is -2.99. The molecule has 1 fully saturated rings. The molecule has 0 amide bonds. The number of carboxylic acid groups (broad SMARTS) is 2. The average molecular weight is 447 g/mol. The highest BCUT2D eigenvalue weighted by Crippen LogP contribution is 2.58. The number of carboxylic acids is 2. The van der Waals surface area contributed by atoms with Crippen molar-refractivity contribution in [3.05, 3.63) is 77.9 Å². The Morgan fingerprint density at radius 1 is 0.970 bits per heavy atom. The van der Waals surface area contributed by atoms with Crippen molar-refractivity contribution in [3.63, 3.8) is 0 Å². The van der Waals surface area contributed by atoms with E-state index in [4.69, 9.17) is 0 Å². The summed E-state index contributed by atoms with van der Waals surface area (Å²) in [5, 5.41) is 33.8. The normalized spacial score (nSPS) is 29.4. The lowest BCUT2D eigenvalue weighted by Gasteiger charge is -2.57. The lowest BCUT2D eigenvalue weighted by molar-refractivity contribution is -0.172. The Hall–Kier alpha value is -3.43. The van der Waals surface area contributed by atoms with Crippen molar-refractivity contribution < 1.29 is 19.8 Å². The van der Waals surface area contributed by atoms with Crippen molar-refractivity contribution in [2.45, 2.75) is 51.1 Å². The van der Waals surface area contributed by atoms with Crippen LogP contribution in [0.4, 0.5) is 0 Å². The molecule has 1 aliphatic heterocycles. The number of hydrogen-bond donors (Lipinski definition) is 3. The Morgan fingerprint density at radius 2 is 1.52 bits per heavy atom. The van der Waals surface area contributed by atoms with Crippen molar-refractivity contribution in [2.24, 2.45) is 10.8 Å². The number of benzene rings is 2. The average Bonchev–Trinajstić information content (AvgIpc) is 2.80. The van der Waals surface area contributed by atoms with Gasteiger partial charge in [-0.3, -0.25) is 9.59 Å². The molecule has 1 heterocycles. The van der Waals surface area contributed by atoms with Gasteiger partial charge in [-0.1, -0.05) is 72.8 Å². The van der Waals surface area contributed by atoms with E-state index in [9.17, 15) is 25.1 Å². The molecule has 1 saturated heterocycles. The molecular formula is C27H30N2O4. The van der Waals surface area contributed by atoms with E-state index >= 15 is 0 Å². The summed E-state index contributed by atoms with van der Waals surface area (Å²) >= 11 is 0. The second-order valence-corrected chi connectivity index (χ2v) is 8.82. The van der Waals surface area contributed by atoms with Crippen LogP contribution in [-0.4, -0.2) is 34.2 Å². The maximum Gasteiger partial charge on any atom is 0.312 e. The molecule has 0 radical (unpaired) electrons. The van der Waals surface area contributed by atoms with E-state index in [0.717, 1.165) is 5.56 Å². The molecule has 2 aromatic carbocycles. The second-order valence-electron chi connectivity index (χ2n) is 8.82. The second kappa shape index (κ2) is 10.0. The molecule has 0 aromatic heterocycles. The molecule has 0 saturated carbocycles. The van der Waals surface area contributed by atoms with Crippen LogP contribution in [0.1, 0.15) is 50.2 Å². The third-order valence-corrected chi connectivity index (χ3v) is 7.22. The smallest absolute Gasteiger partial charge is 0.312 e. The summed E-state index contributed by atoms with van der Waals surface area (Å²) in [7, 11) is 0. The number of nitrogens with one attached hydrogen (secondary N) is 1. The SMILES string of the molecule is CC1NC(C)C(CCC#N)(C(=O)O)C(c2ccccc2)C1(CC=Cc1ccccc1)C(=O)O. The van der Waals surface area contributed by atoms with E-state index < -0.39 is 40.8 Å². The highest BCUT2D eigenvalue weighted by molar-refractivity contribution is 5.84. The van der Waals surface area contributed by atoms with Gasteiger partial charge < -0.3 is 15.5 Å². The van der Waals surface area contributed by atoms with Gasteiger partial charge in [0.1, 0.15) is 0 Å². The molecule has 0 spiro atoms. The van der Waals surface area contributed by atoms with Crippen LogP contribution >= 0.6 is 0 Å². The van der Waals surface area contributed by atoms with Gasteiger partial charge in [0.2, 0.25) is 0 Å². The molecule has 5 atom stereocenters. The monoisotopic (exact) mass is 446 g/mol. The highest BCUT2D eigenvalue weighted by Gasteiger charge is 2.66. The van der Waals surface area contributed by atoms with E-state index in [1.54, 1.807) is 31.2 Å². The highest BCUT2D eigenvalue weighted by atomic mass is 16.4. The predicted molar refractivity (Wildman–Crippen MR) is 126 cm³/mol. The fraction of sp³-hybridized carbons (Fsp3) is 0.370. The van der Waals surface area contributed by atoms with Gasteiger partial charge in [0.15, 0.2) is 0 Å². The third-order valence-electron chi connectivity index (χ3n) is 7.22. The van der Waals surface area contributed by atoms with Gasteiger partial charge in [0, 0.05) is 24.4 Å². The number of allylic oxidation sites excluding steroid dienone is 1. The maximum atomic E-state index is 13.1. The molecule has 6 heteroatoms. The Balaban J connectivity index is 2.23. The minimum atomic E-state index is -1.47. The zero-order chi connectivity index (χ0) is 24.1. The first-order valence-electron chi connectivity index (χ1n) is 11.2. The number of hydrogen-bond acceptors (Lipinski definition) is 4. The Bertz CT molecular complexity index is 1050. The molecule has 3 N–H and O–H groups in total. The van der Waals surface area contributed by atoms with Gasteiger partial charge in [-0.2, -0.15) is 5.26 Å². The van der Waals surface area contributed by atoms with Crippen LogP contribution in [0.15, 0.2) is 66.7 Å². The van der Waals surface area contributed by atoms with Gasteiger partial charge >= 0.3 is 11.9 Å². The predicted octanol–water partition coefficient (Wildman–Crippen LogP) is 4.70. The van der Waals surface area contributed by atoms with Gasteiger partial charge in [-0.25, -0.2) is 0 Å². The number of carbonyl (C=O) groups is 2. The maximum absolute atomic E-state index is 13.1. The Kier molecular flexibility index (Phi) is 7.35. The molecular weight excluding hydrogens is 416 g/mol. The van der Waals surface area contributed by atoms with E-state index in [1.165, 1.54) is 0 Å². The Labute approximate surface area is 194 Å². The summed E-state index contributed by atoms with van der Waals surface area (Å²) in [6, 6.07) is 19.6. The van der Waals surface area contributed by atoms with Crippen LogP contribution in [-0.2, 0) is 9.59 Å². The molecule has 33 heavy (non-hydrogen) atoms. The molecule has 3 rings (SSSR count). The van der Waals surface area contributed by atoms with Crippen LogP contribution in [0.3, 0.4) is 0 Å². The lowest BCUT2D eigenvalue weighted by atomic mass is 9.49. The summed E-state index contributed by atoms with van der Waals surface area (Å²) in [6.07, 6.45) is 3.90. The molecule has 0 bridgehead atoms. The zero-order valence-electron chi connectivity index (χ0n) is 18.9. The van der Waals surface area contributed by atoms with Crippen LogP contribution in [0, 0.1) is 22.2 Å². The van der Waals surface area contributed by atoms with Gasteiger partial charge in [-0.15, -0.1) is 0 Å². The number of piperidine rings is 1. The molecule has 5 unspecified atom stereocenters. The number of rotatable bonds is 8. The third kappa shape index (κ3) is 4.29. The van der Waals surface area contributed by atoms with Crippen molar-refractivity contribution in [1.29, 1.82) is 5.26 Å². The van der Waals surface area contributed by atoms with Gasteiger partial charge in [0.05, 0.1) is 16.9 Å². The van der Waals surface area contributed by atoms with Gasteiger partial charge in [-0.05, 0) is 37.8 Å². The van der Waals surface area contributed by atoms with Crippen molar-refractivity contribution in [2.75, 3.05) is 0 Å². The Morgan fingerprint density at radius 3 is 2.06 bits per heavy atom. The quantitative estimate of drug-likeness (QED) is 0.542. The molecule has 1 aliphatic rings. The topological polar surface area (TPSA) is 110 Å². The van der Waals surface area contributed by atoms with Crippen molar-refractivity contribution >= 4 is 18.0 Å². The van der Waals surface area contributed by atoms with E-state index in [2.05, 4.69) is 11.4 Å². The first-order valence-corrected chi connectivity index (χ1v) is 11.2. The van der Waals surface area contributed by atoms with E-state index in [1.807, 2.05) is 55.5 Å². The van der Waals surface area contributed by atoms with Crippen LogP contribution in [0.2, 0.25) is 0 Å². The fourth-order valence-corrected chi connectivity index (χ4v) is 5.56. The van der Waals surface area contributed by atoms with Gasteiger partial charge in [0.25, 0.3) is 0 Å². The number of aliphatic carboxylic acids is 2. The van der Waals surface area contributed by atoms with Crippen molar-refractivity contribution in [3.8, 4) is 6.07 Å². The number of nitriles is 1. The van der Waals surface area contributed by atoms with E-state index in [-0.39, 0.29) is 19.3 Å². The van der Waals surface area contributed by atoms with Crippen LogP contribution in [0.5, 0.6) is 0 Å².